The fourth-order valence-corrected chi connectivity index (χ4v) is 3.82. The summed E-state index contributed by atoms with van der Waals surface area (Å²) in [6, 6.07) is 20.1. The van der Waals surface area contributed by atoms with Gasteiger partial charge in [0.15, 0.2) is 0 Å². The van der Waals surface area contributed by atoms with Crippen molar-refractivity contribution in [1.29, 1.82) is 0 Å². The molecule has 0 spiro atoms. The summed E-state index contributed by atoms with van der Waals surface area (Å²) < 4.78 is 0. The van der Waals surface area contributed by atoms with E-state index in [9.17, 15) is 0 Å². The summed E-state index contributed by atoms with van der Waals surface area (Å²) in [5.41, 5.74) is 4.68. The molecule has 0 bridgehead atoms. The van der Waals surface area contributed by atoms with Crippen LogP contribution in [0.25, 0.3) is 11.1 Å². The summed E-state index contributed by atoms with van der Waals surface area (Å²) in [6.45, 7) is 1.21. The van der Waals surface area contributed by atoms with Gasteiger partial charge in [-0.05, 0) is 68.4 Å². The quantitative estimate of drug-likeness (QED) is 0.563. The van der Waals surface area contributed by atoms with Crippen molar-refractivity contribution in [3.63, 3.8) is 0 Å². The maximum atomic E-state index is 2.38. The number of nitrogens with zero attached hydrogens (tertiary/aromatic N) is 1. The highest BCUT2D eigenvalue weighted by atomic mass is 35.5. The summed E-state index contributed by atoms with van der Waals surface area (Å²) in [7, 11) is 4.34. The van der Waals surface area contributed by atoms with Crippen molar-refractivity contribution in [3.05, 3.63) is 60.2 Å². The van der Waals surface area contributed by atoms with Gasteiger partial charge < -0.3 is 4.90 Å². The van der Waals surface area contributed by atoms with Crippen molar-refractivity contribution in [3.8, 4) is 11.1 Å². The van der Waals surface area contributed by atoms with Crippen LogP contribution >= 0.6 is 12.4 Å². The molecule has 3 rings (SSSR count). The predicted octanol–water partition coefficient (Wildman–Crippen LogP) is 5.93. The lowest BCUT2D eigenvalue weighted by atomic mass is 9.62. The largest absolute Gasteiger partial charge is 0.309 e. The van der Waals surface area contributed by atoms with E-state index in [2.05, 4.69) is 73.6 Å². The van der Waals surface area contributed by atoms with E-state index in [1.165, 1.54) is 56.2 Å². The summed E-state index contributed by atoms with van der Waals surface area (Å²) in [5.74, 6) is 0. The Morgan fingerprint density at radius 1 is 0.833 bits per heavy atom. The van der Waals surface area contributed by atoms with E-state index in [0.717, 1.165) is 0 Å². The molecule has 1 nitrogen and oxygen atoms in total. The molecule has 0 radical (unpaired) electrons. The number of hydrogen-bond acceptors (Lipinski definition) is 1. The summed E-state index contributed by atoms with van der Waals surface area (Å²) in [5, 5.41) is 0. The van der Waals surface area contributed by atoms with Gasteiger partial charge in [0.05, 0.1) is 0 Å². The Morgan fingerprint density at radius 2 is 1.46 bits per heavy atom. The molecule has 0 atom stereocenters. The Kier molecular flexibility index (Phi) is 6.89. The second-order valence-electron chi connectivity index (χ2n) is 7.34. The fraction of sp³-hybridized carbons (Fsp3) is 0.455. The van der Waals surface area contributed by atoms with Gasteiger partial charge in [-0.1, -0.05) is 67.4 Å². The first-order valence-electron chi connectivity index (χ1n) is 9.00. The van der Waals surface area contributed by atoms with Gasteiger partial charge in [-0.3, -0.25) is 0 Å². The SMILES string of the molecule is CN(C)CCCCC1(c2ccc(-c3ccccc3)cc2)CCC1.Cl. The van der Waals surface area contributed by atoms with Crippen molar-refractivity contribution in [2.75, 3.05) is 20.6 Å². The molecular formula is C22H30ClN. The molecule has 0 N–H and O–H groups in total. The lowest BCUT2D eigenvalue weighted by Crippen LogP contribution is -2.34. The minimum Gasteiger partial charge on any atom is -0.309 e. The van der Waals surface area contributed by atoms with Crippen molar-refractivity contribution in [1.82, 2.24) is 4.90 Å². The van der Waals surface area contributed by atoms with Gasteiger partial charge >= 0.3 is 0 Å². The van der Waals surface area contributed by atoms with E-state index in [-0.39, 0.29) is 12.4 Å². The summed E-state index contributed by atoms with van der Waals surface area (Å²) >= 11 is 0. The van der Waals surface area contributed by atoms with Gasteiger partial charge in [-0.2, -0.15) is 0 Å². The van der Waals surface area contributed by atoms with Crippen LogP contribution in [0, 0.1) is 0 Å². The lowest BCUT2D eigenvalue weighted by Gasteiger charge is -2.43. The highest BCUT2D eigenvalue weighted by molar-refractivity contribution is 5.85. The molecule has 2 aromatic rings. The first-order chi connectivity index (χ1) is 11.2. The van der Waals surface area contributed by atoms with Crippen LogP contribution < -0.4 is 0 Å². The summed E-state index contributed by atoms with van der Waals surface area (Å²) in [6.07, 6.45) is 8.16. The second kappa shape index (κ2) is 8.69. The zero-order valence-electron chi connectivity index (χ0n) is 15.0. The predicted molar refractivity (Wildman–Crippen MR) is 107 cm³/mol. The topological polar surface area (TPSA) is 3.24 Å². The number of hydrogen-bond donors (Lipinski definition) is 0. The van der Waals surface area contributed by atoms with E-state index in [0.29, 0.717) is 5.41 Å². The van der Waals surface area contributed by atoms with Crippen LogP contribution in [0.2, 0.25) is 0 Å². The maximum Gasteiger partial charge on any atom is -0.00248 e. The van der Waals surface area contributed by atoms with E-state index in [4.69, 9.17) is 0 Å². The first-order valence-corrected chi connectivity index (χ1v) is 9.00. The average molecular weight is 344 g/mol. The zero-order chi connectivity index (χ0) is 16.1. The Labute approximate surface area is 153 Å². The van der Waals surface area contributed by atoms with Crippen LogP contribution in [0.3, 0.4) is 0 Å². The molecule has 0 unspecified atom stereocenters. The van der Waals surface area contributed by atoms with Gasteiger partial charge in [-0.15, -0.1) is 12.4 Å². The standard InChI is InChI=1S/C22H29N.ClH/c1-23(2)18-7-6-15-22(16-8-17-22)21-13-11-20(12-14-21)19-9-4-3-5-10-19;/h3-5,9-14H,6-8,15-18H2,1-2H3;1H. The highest BCUT2D eigenvalue weighted by Gasteiger charge is 2.37. The Balaban J connectivity index is 0.00000208. The van der Waals surface area contributed by atoms with Crippen molar-refractivity contribution in [2.45, 2.75) is 43.9 Å². The number of rotatable bonds is 7. The third-order valence-electron chi connectivity index (χ3n) is 5.43. The van der Waals surface area contributed by atoms with Gasteiger partial charge in [0.1, 0.15) is 0 Å². The molecule has 2 aromatic carbocycles. The average Bonchev–Trinajstić information content (AvgIpc) is 2.54. The molecule has 0 aromatic heterocycles. The lowest BCUT2D eigenvalue weighted by molar-refractivity contribution is 0.216. The van der Waals surface area contributed by atoms with E-state index < -0.39 is 0 Å². The highest BCUT2D eigenvalue weighted by Crippen LogP contribution is 2.47. The third kappa shape index (κ3) is 4.40. The molecular weight excluding hydrogens is 314 g/mol. The van der Waals surface area contributed by atoms with Crippen LogP contribution in [-0.2, 0) is 5.41 Å². The zero-order valence-corrected chi connectivity index (χ0v) is 15.8. The molecule has 0 amide bonds. The minimum atomic E-state index is 0. The van der Waals surface area contributed by atoms with Crippen LogP contribution in [0.4, 0.5) is 0 Å². The molecule has 0 heterocycles. The van der Waals surface area contributed by atoms with E-state index in [1.54, 1.807) is 5.56 Å². The minimum absolute atomic E-state index is 0. The number of halogens is 1. The van der Waals surface area contributed by atoms with Crippen LogP contribution in [0.15, 0.2) is 54.6 Å². The third-order valence-corrected chi connectivity index (χ3v) is 5.43. The Morgan fingerprint density at radius 3 is 2.00 bits per heavy atom. The maximum absolute atomic E-state index is 2.38. The Bertz CT molecular complexity index is 600. The van der Waals surface area contributed by atoms with Gasteiger partial charge in [0, 0.05) is 0 Å². The van der Waals surface area contributed by atoms with E-state index in [1.807, 2.05) is 0 Å². The van der Waals surface area contributed by atoms with Gasteiger partial charge in [-0.25, -0.2) is 0 Å². The molecule has 130 valence electrons. The van der Waals surface area contributed by atoms with Crippen molar-refractivity contribution in [2.24, 2.45) is 0 Å². The van der Waals surface area contributed by atoms with Crippen LogP contribution in [-0.4, -0.2) is 25.5 Å². The second-order valence-corrected chi connectivity index (χ2v) is 7.34. The monoisotopic (exact) mass is 343 g/mol. The summed E-state index contributed by atoms with van der Waals surface area (Å²) in [4.78, 5) is 2.29. The first kappa shape index (κ1) is 19.0. The van der Waals surface area contributed by atoms with Crippen LogP contribution in [0.1, 0.15) is 44.1 Å². The van der Waals surface area contributed by atoms with Crippen LogP contribution in [0.5, 0.6) is 0 Å². The smallest absolute Gasteiger partial charge is 0.00248 e. The molecule has 1 aliphatic carbocycles. The molecule has 24 heavy (non-hydrogen) atoms. The fourth-order valence-electron chi connectivity index (χ4n) is 3.82. The number of unbranched alkanes of at least 4 members (excludes halogenated alkanes) is 1. The van der Waals surface area contributed by atoms with Crippen molar-refractivity contribution < 1.29 is 0 Å². The molecule has 1 fully saturated rings. The number of benzene rings is 2. The normalized spacial score (nSPS) is 15.6. The van der Waals surface area contributed by atoms with Crippen molar-refractivity contribution >= 4 is 12.4 Å². The Hall–Kier alpha value is -1.31. The van der Waals surface area contributed by atoms with E-state index >= 15 is 0 Å². The molecule has 0 saturated heterocycles. The molecule has 1 saturated carbocycles. The molecule has 2 heteroatoms. The van der Waals surface area contributed by atoms with Gasteiger partial charge in [0.25, 0.3) is 0 Å². The molecule has 0 aliphatic heterocycles. The van der Waals surface area contributed by atoms with Gasteiger partial charge in [0.2, 0.25) is 0 Å². The molecule has 1 aliphatic rings.